The van der Waals surface area contributed by atoms with E-state index in [-0.39, 0.29) is 17.4 Å². The van der Waals surface area contributed by atoms with E-state index in [0.717, 1.165) is 50.3 Å². The number of benzene rings is 2. The number of hydrogen-bond acceptors (Lipinski definition) is 3. The number of amides is 1. The lowest BCUT2D eigenvalue weighted by molar-refractivity contribution is -0.124. The molecule has 2 aromatic rings. The van der Waals surface area contributed by atoms with Gasteiger partial charge in [0.15, 0.2) is 0 Å². The van der Waals surface area contributed by atoms with Gasteiger partial charge in [-0.3, -0.25) is 9.79 Å². The Bertz CT molecular complexity index is 940. The molecule has 1 aliphatic carbocycles. The van der Waals surface area contributed by atoms with Gasteiger partial charge >= 0.3 is 0 Å². The van der Waals surface area contributed by atoms with Gasteiger partial charge in [0.2, 0.25) is 5.91 Å². The van der Waals surface area contributed by atoms with E-state index in [0.29, 0.717) is 0 Å². The summed E-state index contributed by atoms with van der Waals surface area (Å²) in [7, 11) is 0. The third-order valence-corrected chi connectivity index (χ3v) is 6.87. The maximum Gasteiger partial charge on any atom is 0.231 e. The van der Waals surface area contributed by atoms with Gasteiger partial charge in [-0.15, -0.1) is 0 Å². The lowest BCUT2D eigenvalue weighted by Gasteiger charge is -2.27. The minimum Gasteiger partial charge on any atom is -0.347 e. The fraction of sp³-hybridized carbons (Fsp3) is 0.440. The number of rotatable bonds is 6. The lowest BCUT2D eigenvalue weighted by atomic mass is 9.90. The van der Waals surface area contributed by atoms with Crippen molar-refractivity contribution in [2.75, 3.05) is 19.6 Å². The van der Waals surface area contributed by atoms with Gasteiger partial charge in [0.1, 0.15) is 0 Å². The molecule has 1 atom stereocenters. The molecule has 2 heterocycles. The summed E-state index contributed by atoms with van der Waals surface area (Å²) in [4.78, 5) is 20.5. The van der Waals surface area contributed by atoms with E-state index >= 15 is 0 Å². The number of aliphatic imine (C=N–C) groups is 1. The summed E-state index contributed by atoms with van der Waals surface area (Å²) in [6.07, 6.45) is 4.38. The van der Waals surface area contributed by atoms with Crippen LogP contribution in [0.4, 0.5) is 0 Å². The minimum absolute atomic E-state index is 0.0389. The van der Waals surface area contributed by atoms with E-state index in [1.54, 1.807) is 0 Å². The van der Waals surface area contributed by atoms with Gasteiger partial charge in [0.05, 0.1) is 18.0 Å². The van der Waals surface area contributed by atoms with Gasteiger partial charge in [-0.1, -0.05) is 42.5 Å². The Morgan fingerprint density at radius 3 is 2.62 bits per heavy atom. The summed E-state index contributed by atoms with van der Waals surface area (Å²) >= 11 is 0. The van der Waals surface area contributed by atoms with Crippen LogP contribution < -0.4 is 5.32 Å². The lowest BCUT2D eigenvalue weighted by Crippen LogP contribution is -2.42. The number of carbonyl (C=O) groups excluding carboxylic acids is 1. The van der Waals surface area contributed by atoms with Crippen LogP contribution in [0.3, 0.4) is 0 Å². The van der Waals surface area contributed by atoms with E-state index < -0.39 is 0 Å². The van der Waals surface area contributed by atoms with Gasteiger partial charge in [0, 0.05) is 17.8 Å². The molecule has 3 aliphatic rings. The van der Waals surface area contributed by atoms with Crippen LogP contribution in [0.15, 0.2) is 53.5 Å². The molecule has 1 N–H and O–H groups in total. The van der Waals surface area contributed by atoms with E-state index in [1.165, 1.54) is 29.5 Å². The van der Waals surface area contributed by atoms with Crippen LogP contribution >= 0.6 is 0 Å². The smallest absolute Gasteiger partial charge is 0.231 e. The summed E-state index contributed by atoms with van der Waals surface area (Å²) in [5.41, 5.74) is 5.57. The first-order valence-corrected chi connectivity index (χ1v) is 10.9. The predicted octanol–water partition coefficient (Wildman–Crippen LogP) is 3.99. The van der Waals surface area contributed by atoms with Crippen molar-refractivity contribution in [1.82, 2.24) is 10.2 Å². The molecule has 0 radical (unpaired) electrons. The predicted molar refractivity (Wildman–Crippen MR) is 116 cm³/mol. The van der Waals surface area contributed by atoms with Crippen LogP contribution in [0.2, 0.25) is 0 Å². The minimum atomic E-state index is -0.365. The number of carbonyl (C=O) groups is 1. The Morgan fingerprint density at radius 1 is 1.14 bits per heavy atom. The monoisotopic (exact) mass is 387 g/mol. The Hall–Kier alpha value is -2.46. The summed E-state index contributed by atoms with van der Waals surface area (Å²) in [5.74, 6) is 0.179. The molecule has 150 valence electrons. The van der Waals surface area contributed by atoms with Crippen LogP contribution in [0.1, 0.15) is 60.9 Å². The molecule has 1 saturated carbocycles. The number of likely N-dealkylation sites (tertiary alicyclic amines) is 1. The zero-order chi connectivity index (χ0) is 19.8. The number of fused-ring (bicyclic) bond motifs is 1. The molecule has 4 nitrogen and oxygen atoms in total. The Labute approximate surface area is 173 Å². The normalized spacial score (nSPS) is 20.8. The molecule has 5 rings (SSSR count). The summed E-state index contributed by atoms with van der Waals surface area (Å²) in [6.45, 7) is 5.99. The van der Waals surface area contributed by atoms with E-state index in [4.69, 9.17) is 0 Å². The number of nitrogens with one attached hydrogen (secondary N) is 1. The average molecular weight is 388 g/mol. The first kappa shape index (κ1) is 18.6. The van der Waals surface area contributed by atoms with Crippen molar-refractivity contribution < 1.29 is 4.79 Å². The molecule has 2 aromatic carbocycles. The van der Waals surface area contributed by atoms with Crippen molar-refractivity contribution in [3.8, 4) is 0 Å². The second-order valence-electron chi connectivity index (χ2n) is 8.80. The SMILES string of the molecule is CC1=NCc2ccc(C3(C(=O)N[C@H](CN4CCCC4)c4ccccc4)CC3)cc21. The van der Waals surface area contributed by atoms with Crippen molar-refractivity contribution in [2.24, 2.45) is 4.99 Å². The van der Waals surface area contributed by atoms with Gasteiger partial charge in [-0.2, -0.15) is 0 Å². The van der Waals surface area contributed by atoms with Crippen LogP contribution in [0.25, 0.3) is 0 Å². The first-order chi connectivity index (χ1) is 14.2. The molecular formula is C25H29N3O. The maximum absolute atomic E-state index is 13.5. The summed E-state index contributed by atoms with van der Waals surface area (Å²) in [6, 6.07) is 17.0. The molecule has 29 heavy (non-hydrogen) atoms. The van der Waals surface area contributed by atoms with Crippen molar-refractivity contribution in [1.29, 1.82) is 0 Å². The Kier molecular flexibility index (Phi) is 4.75. The highest BCUT2D eigenvalue weighted by Gasteiger charge is 2.52. The van der Waals surface area contributed by atoms with Crippen LogP contribution in [-0.2, 0) is 16.8 Å². The number of hydrogen-bond donors (Lipinski definition) is 1. The molecule has 0 bridgehead atoms. The van der Waals surface area contributed by atoms with Crippen LogP contribution in [-0.4, -0.2) is 36.2 Å². The van der Waals surface area contributed by atoms with Gasteiger partial charge in [0.25, 0.3) is 0 Å². The zero-order valence-electron chi connectivity index (χ0n) is 17.2. The topological polar surface area (TPSA) is 44.7 Å². The van der Waals surface area contributed by atoms with Crippen molar-refractivity contribution in [3.63, 3.8) is 0 Å². The van der Waals surface area contributed by atoms with Crippen molar-refractivity contribution in [2.45, 2.75) is 50.6 Å². The van der Waals surface area contributed by atoms with E-state index in [2.05, 4.69) is 64.6 Å². The van der Waals surface area contributed by atoms with Gasteiger partial charge < -0.3 is 10.2 Å². The Morgan fingerprint density at radius 2 is 1.90 bits per heavy atom. The molecular weight excluding hydrogens is 358 g/mol. The molecule has 2 fully saturated rings. The highest BCUT2D eigenvalue weighted by molar-refractivity contribution is 6.02. The molecule has 1 amide bonds. The third-order valence-electron chi connectivity index (χ3n) is 6.87. The third kappa shape index (κ3) is 3.51. The molecule has 2 aliphatic heterocycles. The summed E-state index contributed by atoms with van der Waals surface area (Å²) in [5, 5.41) is 3.43. The highest BCUT2D eigenvalue weighted by atomic mass is 16.2. The van der Waals surface area contributed by atoms with Crippen molar-refractivity contribution >= 4 is 11.6 Å². The molecule has 4 heteroatoms. The number of nitrogens with zero attached hydrogens (tertiary/aromatic N) is 2. The standard InChI is InChI=1S/C25H29N3O/c1-18-22-15-21(10-9-20(22)16-26-18)25(11-12-25)24(29)27-23(17-28-13-5-6-14-28)19-7-3-2-4-8-19/h2-4,7-10,15,23H,5-6,11-14,16-17H2,1H3,(H,27,29)/t23-/m1/s1. The average Bonchev–Trinajstić information content (AvgIpc) is 3.26. The molecule has 0 aromatic heterocycles. The van der Waals surface area contributed by atoms with Crippen LogP contribution in [0.5, 0.6) is 0 Å². The second-order valence-corrected chi connectivity index (χ2v) is 8.80. The fourth-order valence-electron chi connectivity index (χ4n) is 4.85. The Balaban J connectivity index is 1.38. The maximum atomic E-state index is 13.5. The van der Waals surface area contributed by atoms with E-state index in [9.17, 15) is 4.79 Å². The molecule has 0 unspecified atom stereocenters. The molecule has 1 saturated heterocycles. The van der Waals surface area contributed by atoms with Gasteiger partial charge in [-0.25, -0.2) is 0 Å². The fourth-order valence-corrected chi connectivity index (χ4v) is 4.85. The first-order valence-electron chi connectivity index (χ1n) is 10.9. The van der Waals surface area contributed by atoms with E-state index in [1.807, 2.05) is 6.07 Å². The highest BCUT2D eigenvalue weighted by Crippen LogP contribution is 2.49. The molecule has 0 spiro atoms. The largest absolute Gasteiger partial charge is 0.347 e. The second kappa shape index (κ2) is 7.42. The van der Waals surface area contributed by atoms with Crippen LogP contribution in [0, 0.1) is 0 Å². The van der Waals surface area contributed by atoms with Crippen molar-refractivity contribution in [3.05, 3.63) is 70.8 Å². The zero-order valence-corrected chi connectivity index (χ0v) is 17.2. The summed E-state index contributed by atoms with van der Waals surface area (Å²) < 4.78 is 0. The quantitative estimate of drug-likeness (QED) is 0.814. The van der Waals surface area contributed by atoms with Gasteiger partial charge in [-0.05, 0) is 68.5 Å².